The highest BCUT2D eigenvalue weighted by molar-refractivity contribution is 9.10. The summed E-state index contributed by atoms with van der Waals surface area (Å²) >= 11 is 3.51. The number of rotatable bonds is 3. The highest BCUT2D eigenvalue weighted by atomic mass is 79.9. The van der Waals surface area contributed by atoms with E-state index in [0.29, 0.717) is 5.69 Å². The van der Waals surface area contributed by atoms with Gasteiger partial charge in [0.15, 0.2) is 0 Å². The Morgan fingerprint density at radius 3 is 2.74 bits per heavy atom. The van der Waals surface area contributed by atoms with Crippen LogP contribution >= 0.6 is 15.9 Å². The largest absolute Gasteiger partial charge is 0.495 e. The van der Waals surface area contributed by atoms with Gasteiger partial charge in [-0.2, -0.15) is 0 Å². The van der Waals surface area contributed by atoms with Gasteiger partial charge >= 0.3 is 0 Å². The molecular formula is C14H16BrN3O. The number of aromatic nitrogens is 1. The summed E-state index contributed by atoms with van der Waals surface area (Å²) in [6, 6.07) is 5.94. The normalized spacial score (nSPS) is 10.3. The molecule has 100 valence electrons. The van der Waals surface area contributed by atoms with E-state index in [0.717, 1.165) is 32.9 Å². The number of methoxy groups -OCH3 is 1. The van der Waals surface area contributed by atoms with Crippen molar-refractivity contribution in [2.24, 2.45) is 0 Å². The van der Waals surface area contributed by atoms with Gasteiger partial charge in [-0.3, -0.25) is 0 Å². The molecule has 0 unspecified atom stereocenters. The number of hydrogen-bond acceptors (Lipinski definition) is 4. The molecule has 2 rings (SSSR count). The third-order valence-corrected chi connectivity index (χ3v) is 3.88. The third-order valence-electron chi connectivity index (χ3n) is 2.91. The number of nitrogens with two attached hydrogens (primary N) is 1. The second kappa shape index (κ2) is 5.48. The molecule has 0 amide bonds. The Labute approximate surface area is 121 Å². The lowest BCUT2D eigenvalue weighted by Gasteiger charge is -2.14. The molecule has 0 atom stereocenters. The van der Waals surface area contributed by atoms with Crippen LogP contribution in [0.4, 0.5) is 17.2 Å². The number of halogens is 1. The number of benzene rings is 1. The number of nitrogens with one attached hydrogen (secondary N) is 1. The number of hydrogen-bond donors (Lipinski definition) is 2. The molecule has 0 fully saturated rings. The summed E-state index contributed by atoms with van der Waals surface area (Å²) in [7, 11) is 1.65. The summed E-state index contributed by atoms with van der Waals surface area (Å²) in [6.45, 7) is 3.97. The van der Waals surface area contributed by atoms with Gasteiger partial charge in [-0.15, -0.1) is 0 Å². The van der Waals surface area contributed by atoms with Crippen molar-refractivity contribution in [2.75, 3.05) is 18.2 Å². The highest BCUT2D eigenvalue weighted by Gasteiger charge is 2.10. The lowest BCUT2D eigenvalue weighted by atomic mass is 10.2. The lowest BCUT2D eigenvalue weighted by Crippen LogP contribution is -2.01. The van der Waals surface area contributed by atoms with Crippen LogP contribution in [0.5, 0.6) is 5.75 Å². The molecule has 1 aromatic carbocycles. The Kier molecular flexibility index (Phi) is 3.95. The monoisotopic (exact) mass is 321 g/mol. The molecule has 0 aliphatic heterocycles. The van der Waals surface area contributed by atoms with Crippen molar-refractivity contribution in [1.29, 1.82) is 0 Å². The average Bonchev–Trinajstić information content (AvgIpc) is 2.40. The molecule has 0 bridgehead atoms. The van der Waals surface area contributed by atoms with Gasteiger partial charge in [0.05, 0.1) is 29.2 Å². The molecule has 1 aromatic heterocycles. The zero-order valence-electron chi connectivity index (χ0n) is 11.1. The zero-order chi connectivity index (χ0) is 14.0. The fourth-order valence-electron chi connectivity index (χ4n) is 1.73. The predicted molar refractivity (Wildman–Crippen MR) is 82.1 cm³/mol. The van der Waals surface area contributed by atoms with E-state index in [-0.39, 0.29) is 0 Å². The smallest absolute Gasteiger partial charge is 0.145 e. The van der Waals surface area contributed by atoms with E-state index in [2.05, 4.69) is 26.2 Å². The Hall–Kier alpha value is -1.75. The number of pyridine rings is 1. The topological polar surface area (TPSA) is 60.2 Å². The fraction of sp³-hybridized carbons (Fsp3) is 0.214. The maximum absolute atomic E-state index is 5.82. The molecule has 0 saturated heterocycles. The fourth-order valence-corrected chi connectivity index (χ4v) is 2.16. The molecule has 1 heterocycles. The standard InChI is InChI=1S/C14H16BrN3O/c1-8-4-5-12(19-3)11(6-8)18-14-13(15)9(2)10(16)7-17-14/h4-7H,16H2,1-3H3,(H,17,18). The second-order valence-corrected chi connectivity index (χ2v) is 5.12. The third kappa shape index (κ3) is 2.81. The molecule has 0 spiro atoms. The van der Waals surface area contributed by atoms with Crippen molar-refractivity contribution < 1.29 is 4.74 Å². The maximum Gasteiger partial charge on any atom is 0.145 e. The molecule has 0 saturated carbocycles. The average molecular weight is 322 g/mol. The second-order valence-electron chi connectivity index (χ2n) is 4.33. The molecule has 0 radical (unpaired) electrons. The van der Waals surface area contributed by atoms with Crippen molar-refractivity contribution in [2.45, 2.75) is 13.8 Å². The molecule has 4 nitrogen and oxygen atoms in total. The van der Waals surface area contributed by atoms with Crippen molar-refractivity contribution in [1.82, 2.24) is 4.98 Å². The lowest BCUT2D eigenvalue weighted by molar-refractivity contribution is 0.416. The number of nitrogen functional groups attached to an aromatic ring is 1. The first-order chi connectivity index (χ1) is 9.02. The van der Waals surface area contributed by atoms with Crippen LogP contribution in [0.3, 0.4) is 0 Å². The first kappa shape index (κ1) is 13.7. The van der Waals surface area contributed by atoms with Crippen LogP contribution in [0, 0.1) is 13.8 Å². The van der Waals surface area contributed by atoms with Crippen LogP contribution in [0.25, 0.3) is 0 Å². The minimum absolute atomic E-state index is 0.661. The quantitative estimate of drug-likeness (QED) is 0.902. The molecule has 2 aromatic rings. The van der Waals surface area contributed by atoms with Crippen LogP contribution < -0.4 is 15.8 Å². The molecular weight excluding hydrogens is 306 g/mol. The first-order valence-corrected chi connectivity index (χ1v) is 6.64. The van der Waals surface area contributed by atoms with E-state index in [1.807, 2.05) is 32.0 Å². The van der Waals surface area contributed by atoms with E-state index in [4.69, 9.17) is 10.5 Å². The molecule has 5 heteroatoms. The van der Waals surface area contributed by atoms with Gasteiger partial charge in [0.1, 0.15) is 11.6 Å². The number of anilines is 3. The van der Waals surface area contributed by atoms with E-state index in [9.17, 15) is 0 Å². The maximum atomic E-state index is 5.82. The van der Waals surface area contributed by atoms with Gasteiger partial charge in [-0.05, 0) is 53.0 Å². The molecule has 19 heavy (non-hydrogen) atoms. The molecule has 0 aliphatic carbocycles. The molecule has 3 N–H and O–H groups in total. The minimum atomic E-state index is 0.661. The Morgan fingerprint density at radius 1 is 1.32 bits per heavy atom. The number of ether oxygens (including phenoxy) is 1. The van der Waals surface area contributed by atoms with Crippen molar-refractivity contribution in [3.63, 3.8) is 0 Å². The Morgan fingerprint density at radius 2 is 2.05 bits per heavy atom. The summed E-state index contributed by atoms with van der Waals surface area (Å²) in [5.74, 6) is 1.49. The summed E-state index contributed by atoms with van der Waals surface area (Å²) in [5, 5.41) is 3.26. The van der Waals surface area contributed by atoms with E-state index in [1.165, 1.54) is 0 Å². The van der Waals surface area contributed by atoms with Gasteiger partial charge in [0, 0.05) is 0 Å². The van der Waals surface area contributed by atoms with Crippen molar-refractivity contribution >= 4 is 33.1 Å². The van der Waals surface area contributed by atoms with Crippen LogP contribution in [0.1, 0.15) is 11.1 Å². The van der Waals surface area contributed by atoms with Gasteiger partial charge in [-0.25, -0.2) is 4.98 Å². The van der Waals surface area contributed by atoms with Gasteiger partial charge < -0.3 is 15.8 Å². The Bertz CT molecular complexity index is 614. The van der Waals surface area contributed by atoms with Gasteiger partial charge in [-0.1, -0.05) is 6.07 Å². The van der Waals surface area contributed by atoms with Crippen molar-refractivity contribution in [3.05, 3.63) is 40.0 Å². The summed E-state index contributed by atoms with van der Waals surface area (Å²) < 4.78 is 6.19. The highest BCUT2D eigenvalue weighted by Crippen LogP contribution is 2.33. The molecule has 0 aliphatic rings. The predicted octanol–water partition coefficient (Wildman–Crippen LogP) is 3.80. The summed E-state index contributed by atoms with van der Waals surface area (Å²) in [6.07, 6.45) is 1.64. The SMILES string of the molecule is COc1ccc(C)cc1Nc1ncc(N)c(C)c1Br. The van der Waals surface area contributed by atoms with E-state index in [1.54, 1.807) is 13.3 Å². The van der Waals surface area contributed by atoms with Crippen molar-refractivity contribution in [3.8, 4) is 5.75 Å². The van der Waals surface area contributed by atoms with E-state index >= 15 is 0 Å². The van der Waals surface area contributed by atoms with Gasteiger partial charge in [0.2, 0.25) is 0 Å². The number of aryl methyl sites for hydroxylation is 1. The van der Waals surface area contributed by atoms with Crippen LogP contribution in [-0.4, -0.2) is 12.1 Å². The zero-order valence-corrected chi connectivity index (χ0v) is 12.7. The van der Waals surface area contributed by atoms with Crippen LogP contribution in [0.15, 0.2) is 28.9 Å². The van der Waals surface area contributed by atoms with Crippen LogP contribution in [-0.2, 0) is 0 Å². The van der Waals surface area contributed by atoms with Gasteiger partial charge in [0.25, 0.3) is 0 Å². The van der Waals surface area contributed by atoms with Crippen LogP contribution in [0.2, 0.25) is 0 Å². The Balaban J connectivity index is 2.41. The number of nitrogens with zero attached hydrogens (tertiary/aromatic N) is 1. The summed E-state index contributed by atoms with van der Waals surface area (Å²) in [4.78, 5) is 4.30. The summed E-state index contributed by atoms with van der Waals surface area (Å²) in [5.41, 5.74) is 9.46. The first-order valence-electron chi connectivity index (χ1n) is 5.85. The van der Waals surface area contributed by atoms with E-state index < -0.39 is 0 Å². The minimum Gasteiger partial charge on any atom is -0.495 e.